The fourth-order valence-electron chi connectivity index (χ4n) is 9.82. The molecule has 0 heterocycles. The van der Waals surface area contributed by atoms with E-state index in [1.807, 2.05) is 0 Å². The Balaban J connectivity index is 1.15. The Bertz CT molecular complexity index is 3580. The molecule has 12 aromatic carbocycles. The summed E-state index contributed by atoms with van der Waals surface area (Å²) >= 11 is 0. The van der Waals surface area contributed by atoms with Crippen LogP contribution in [-0.4, -0.2) is 0 Å². The molecule has 0 aliphatic rings. The van der Waals surface area contributed by atoms with Crippen LogP contribution in [0.15, 0.2) is 231 Å². The number of benzene rings is 12. The first-order valence-electron chi connectivity index (χ1n) is 20.8. The fourth-order valence-corrected chi connectivity index (χ4v) is 9.82. The van der Waals surface area contributed by atoms with Gasteiger partial charge in [0.05, 0.1) is 0 Å². The maximum atomic E-state index is 2.45. The third kappa shape index (κ3) is 5.53. The SMILES string of the molecule is c1ccc(-c2cc3ccccc3cc2-c2ccc3c(c2)c(-c2ccccc2)c(-c2ccccc2)c2cc(-c4ccc5c6ccccc6c6ccccc6c5c4)ccc23)cc1. The van der Waals surface area contributed by atoms with E-state index in [9.17, 15) is 0 Å². The molecule has 0 unspecified atom stereocenters. The summed E-state index contributed by atoms with van der Waals surface area (Å²) in [7, 11) is 0. The molecule has 0 nitrogen and oxygen atoms in total. The van der Waals surface area contributed by atoms with Crippen molar-refractivity contribution in [1.82, 2.24) is 0 Å². The topological polar surface area (TPSA) is 0 Å². The lowest BCUT2D eigenvalue weighted by molar-refractivity contribution is 1.61. The van der Waals surface area contributed by atoms with Gasteiger partial charge in [0.1, 0.15) is 0 Å². The van der Waals surface area contributed by atoms with Crippen LogP contribution < -0.4 is 0 Å². The van der Waals surface area contributed by atoms with E-state index in [4.69, 9.17) is 0 Å². The van der Waals surface area contributed by atoms with Crippen molar-refractivity contribution in [3.05, 3.63) is 231 Å². The molecule has 0 spiro atoms. The second-order valence-electron chi connectivity index (χ2n) is 16.0. The van der Waals surface area contributed by atoms with Gasteiger partial charge in [-0.05, 0) is 151 Å². The third-order valence-corrected chi connectivity index (χ3v) is 12.6. The Kier molecular flexibility index (Phi) is 7.96. The van der Waals surface area contributed by atoms with Crippen molar-refractivity contribution in [2.45, 2.75) is 0 Å². The molecule has 0 N–H and O–H groups in total. The highest BCUT2D eigenvalue weighted by Crippen LogP contribution is 2.48. The summed E-state index contributed by atoms with van der Waals surface area (Å²) in [6, 6.07) is 85.2. The average molecular weight is 759 g/mol. The van der Waals surface area contributed by atoms with Crippen LogP contribution in [0.1, 0.15) is 0 Å². The van der Waals surface area contributed by atoms with Gasteiger partial charge < -0.3 is 0 Å². The van der Waals surface area contributed by atoms with Crippen molar-refractivity contribution in [2.24, 2.45) is 0 Å². The predicted octanol–water partition coefficient (Wildman–Crippen LogP) is 16.9. The molecule has 0 bridgehead atoms. The number of hydrogen-bond acceptors (Lipinski definition) is 0. The van der Waals surface area contributed by atoms with Crippen molar-refractivity contribution in [3.63, 3.8) is 0 Å². The minimum absolute atomic E-state index is 1.20. The van der Waals surface area contributed by atoms with Crippen LogP contribution >= 0.6 is 0 Å². The highest BCUT2D eigenvalue weighted by Gasteiger charge is 2.20. The largest absolute Gasteiger partial charge is 0.0622 e. The van der Waals surface area contributed by atoms with Gasteiger partial charge in [0, 0.05) is 0 Å². The van der Waals surface area contributed by atoms with Crippen molar-refractivity contribution in [1.29, 1.82) is 0 Å². The van der Waals surface area contributed by atoms with Crippen molar-refractivity contribution >= 4 is 64.6 Å². The smallest absolute Gasteiger partial charge is 0.00201 e. The van der Waals surface area contributed by atoms with E-state index in [1.165, 1.54) is 120 Å². The molecule has 0 fully saturated rings. The zero-order valence-electron chi connectivity index (χ0n) is 32.9. The third-order valence-electron chi connectivity index (χ3n) is 12.6. The van der Waals surface area contributed by atoms with Crippen molar-refractivity contribution < 1.29 is 0 Å². The lowest BCUT2D eigenvalue weighted by atomic mass is 9.82. The van der Waals surface area contributed by atoms with Crippen molar-refractivity contribution in [2.75, 3.05) is 0 Å². The summed E-state index contributed by atoms with van der Waals surface area (Å²) in [6.45, 7) is 0. The number of fused-ring (bicyclic) bond motifs is 10. The zero-order valence-corrected chi connectivity index (χ0v) is 32.9. The van der Waals surface area contributed by atoms with Crippen LogP contribution in [0.5, 0.6) is 0 Å². The van der Waals surface area contributed by atoms with E-state index in [0.717, 1.165) is 0 Å². The summed E-state index contributed by atoms with van der Waals surface area (Å²) < 4.78 is 0. The Labute approximate surface area is 349 Å². The molecule has 0 heteroatoms. The van der Waals surface area contributed by atoms with Crippen molar-refractivity contribution in [3.8, 4) is 55.6 Å². The van der Waals surface area contributed by atoms with Gasteiger partial charge >= 0.3 is 0 Å². The second kappa shape index (κ2) is 13.9. The van der Waals surface area contributed by atoms with Crippen LogP contribution in [0.2, 0.25) is 0 Å². The van der Waals surface area contributed by atoms with E-state index in [1.54, 1.807) is 0 Å². The van der Waals surface area contributed by atoms with Crippen LogP contribution in [-0.2, 0) is 0 Å². The lowest BCUT2D eigenvalue weighted by Gasteiger charge is -2.21. The van der Waals surface area contributed by atoms with Gasteiger partial charge in [0.2, 0.25) is 0 Å². The zero-order chi connectivity index (χ0) is 39.6. The minimum Gasteiger partial charge on any atom is -0.0622 e. The van der Waals surface area contributed by atoms with Gasteiger partial charge in [-0.15, -0.1) is 0 Å². The summed E-state index contributed by atoms with van der Waals surface area (Å²) in [5, 5.41) is 15.2. The molecule has 0 saturated carbocycles. The first kappa shape index (κ1) is 34.3. The molecule has 0 aliphatic carbocycles. The summed E-state index contributed by atoms with van der Waals surface area (Å²) in [4.78, 5) is 0. The van der Waals surface area contributed by atoms with E-state index < -0.39 is 0 Å². The summed E-state index contributed by atoms with van der Waals surface area (Å²) in [5.41, 5.74) is 12.2. The molecule has 0 aromatic heterocycles. The number of hydrogen-bond donors (Lipinski definition) is 0. The van der Waals surface area contributed by atoms with Crippen LogP contribution in [0.4, 0.5) is 0 Å². The molecule has 60 heavy (non-hydrogen) atoms. The average Bonchev–Trinajstić information content (AvgIpc) is 3.33. The lowest BCUT2D eigenvalue weighted by Crippen LogP contribution is -1.94. The summed E-state index contributed by atoms with van der Waals surface area (Å²) in [5.74, 6) is 0. The molecule has 0 aliphatic heterocycles. The van der Waals surface area contributed by atoms with Crippen LogP contribution in [0, 0.1) is 0 Å². The standard InChI is InChI=1S/C60H38/c1-4-16-39(17-5-1)54-34-42-22-10-11-23-43(42)35-55(54)46-30-33-53-52-32-29-45(44-28-31-51-49-26-13-12-24-47(49)48-25-14-15-27-50(48)56(51)36-44)37-57(52)59(40-18-6-2-7-19-40)60(58(53)38-46)41-20-8-3-9-21-41/h1-38H. The maximum absolute atomic E-state index is 2.45. The Morgan fingerprint density at radius 2 is 0.483 bits per heavy atom. The molecule has 0 amide bonds. The Hall–Kier alpha value is -7.80. The normalized spacial score (nSPS) is 11.7. The van der Waals surface area contributed by atoms with Gasteiger partial charge in [-0.3, -0.25) is 0 Å². The van der Waals surface area contributed by atoms with E-state index in [2.05, 4.69) is 231 Å². The molecule has 12 rings (SSSR count). The molecule has 278 valence electrons. The monoisotopic (exact) mass is 758 g/mol. The maximum Gasteiger partial charge on any atom is -0.00201 e. The second-order valence-corrected chi connectivity index (χ2v) is 16.0. The van der Waals surface area contributed by atoms with E-state index >= 15 is 0 Å². The van der Waals surface area contributed by atoms with Gasteiger partial charge in [0.25, 0.3) is 0 Å². The molecule has 0 atom stereocenters. The first-order chi connectivity index (χ1) is 29.8. The Morgan fingerprint density at radius 3 is 0.967 bits per heavy atom. The van der Waals surface area contributed by atoms with Crippen LogP contribution in [0.3, 0.4) is 0 Å². The first-order valence-corrected chi connectivity index (χ1v) is 20.8. The highest BCUT2D eigenvalue weighted by atomic mass is 14.2. The van der Waals surface area contributed by atoms with Gasteiger partial charge in [-0.25, -0.2) is 0 Å². The predicted molar refractivity (Wildman–Crippen MR) is 259 cm³/mol. The van der Waals surface area contributed by atoms with E-state index in [-0.39, 0.29) is 0 Å². The Morgan fingerprint density at radius 1 is 0.167 bits per heavy atom. The molecule has 0 radical (unpaired) electrons. The highest BCUT2D eigenvalue weighted by molar-refractivity contribution is 6.26. The van der Waals surface area contributed by atoms with Gasteiger partial charge in [0.15, 0.2) is 0 Å². The van der Waals surface area contributed by atoms with Gasteiger partial charge in [-0.2, -0.15) is 0 Å². The molecular formula is C60H38. The summed E-state index contributed by atoms with van der Waals surface area (Å²) in [6.07, 6.45) is 0. The van der Waals surface area contributed by atoms with Crippen LogP contribution in [0.25, 0.3) is 120 Å². The molecular weight excluding hydrogens is 721 g/mol. The number of rotatable bonds is 5. The fraction of sp³-hybridized carbons (Fsp3) is 0. The minimum atomic E-state index is 1.20. The van der Waals surface area contributed by atoms with E-state index in [0.29, 0.717) is 0 Å². The van der Waals surface area contributed by atoms with Gasteiger partial charge in [-0.1, -0.05) is 200 Å². The molecule has 12 aromatic rings. The molecule has 0 saturated heterocycles. The quantitative estimate of drug-likeness (QED) is 0.153.